The van der Waals surface area contributed by atoms with Crippen molar-refractivity contribution in [3.63, 3.8) is 0 Å². The summed E-state index contributed by atoms with van der Waals surface area (Å²) in [7, 11) is 0. The summed E-state index contributed by atoms with van der Waals surface area (Å²) in [6.45, 7) is 0.308. The predicted molar refractivity (Wildman–Crippen MR) is 96.0 cm³/mol. The lowest BCUT2D eigenvalue weighted by Gasteiger charge is -2.25. The summed E-state index contributed by atoms with van der Waals surface area (Å²) in [5.74, 6) is -2.48. The molecule has 28 heavy (non-hydrogen) atoms. The number of carbonyl (C=O) groups excluding carboxylic acids is 2. The molecule has 0 radical (unpaired) electrons. The number of aromatic hydroxyl groups is 1. The average Bonchev–Trinajstić information content (AvgIpc) is 2.61. The third-order valence-electron chi connectivity index (χ3n) is 3.69. The predicted octanol–water partition coefficient (Wildman–Crippen LogP) is 3.05. The second-order valence-electron chi connectivity index (χ2n) is 5.81. The Kier molecular flexibility index (Phi) is 6.05. The molecule has 2 aromatic carbocycles. The van der Waals surface area contributed by atoms with Crippen LogP contribution in [0.4, 0.5) is 24.5 Å². The average molecular weight is 418 g/mol. The maximum absolute atomic E-state index is 12.7. The molecule has 0 aliphatic rings. The number of halogens is 4. The number of nitrogens with one attached hydrogen (secondary N) is 3. The normalized spacial score (nSPS) is 13.4. The van der Waals surface area contributed by atoms with Crippen molar-refractivity contribution < 1.29 is 33.0 Å². The summed E-state index contributed by atoms with van der Waals surface area (Å²) in [6.07, 6.45) is -5.18. The molecule has 0 aromatic heterocycles. The summed E-state index contributed by atoms with van der Waals surface area (Å²) in [6, 6.07) is 9.55. The second-order valence-corrected chi connectivity index (χ2v) is 6.22. The number of amides is 2. The molecule has 0 aliphatic carbocycles. The molecule has 1 atom stereocenters. The number of aliphatic hydroxyl groups is 1. The molecule has 2 amide bonds. The number of phenolic OH excluding ortho intramolecular Hbond substituents is 1. The lowest BCUT2D eigenvalue weighted by Crippen LogP contribution is -2.52. The molecule has 1 unspecified atom stereocenters. The van der Waals surface area contributed by atoms with Gasteiger partial charge in [-0.2, -0.15) is 13.2 Å². The molecule has 2 aromatic rings. The zero-order valence-corrected chi connectivity index (χ0v) is 15.0. The van der Waals surface area contributed by atoms with E-state index in [0.29, 0.717) is 6.92 Å². The van der Waals surface area contributed by atoms with Gasteiger partial charge in [0.15, 0.2) is 0 Å². The molecule has 0 fully saturated rings. The quantitative estimate of drug-likeness (QED) is 0.379. The second kappa shape index (κ2) is 7.95. The van der Waals surface area contributed by atoms with E-state index in [1.165, 1.54) is 18.2 Å². The summed E-state index contributed by atoms with van der Waals surface area (Å²) in [5, 5.41) is 20.6. The molecule has 0 heterocycles. The number of rotatable bonds is 5. The summed E-state index contributed by atoms with van der Waals surface area (Å²) < 4.78 is 38.1. The smallest absolute Gasteiger partial charge is 0.426 e. The molecule has 5 N–H and O–H groups in total. The van der Waals surface area contributed by atoms with Gasteiger partial charge in [-0.25, -0.2) is 0 Å². The molecule has 150 valence electrons. The van der Waals surface area contributed by atoms with Gasteiger partial charge in [0.1, 0.15) is 5.75 Å². The lowest BCUT2D eigenvalue weighted by molar-refractivity contribution is -0.242. The molecular formula is C17H15ClF3N3O4. The van der Waals surface area contributed by atoms with Gasteiger partial charge in [-0.1, -0.05) is 23.7 Å². The first-order valence-corrected chi connectivity index (χ1v) is 8.05. The first kappa shape index (κ1) is 21.3. The van der Waals surface area contributed by atoms with Crippen molar-refractivity contribution in [3.05, 3.63) is 53.1 Å². The standard InChI is InChI=1S/C17H15ClF3N3O4/c1-16(28,17(19,20)21)15(27)22-11-7-6-9(8-10(11)18)14(26)24-23-12-4-2-3-5-13(12)25/h2-8,23,25,28H,1H3,(H,22,27)(H,24,26). The molecule has 0 saturated carbocycles. The van der Waals surface area contributed by atoms with E-state index < -0.39 is 23.6 Å². The Morgan fingerprint density at radius 1 is 1.07 bits per heavy atom. The molecule has 7 nitrogen and oxygen atoms in total. The van der Waals surface area contributed by atoms with Gasteiger partial charge in [-0.3, -0.25) is 20.4 Å². The van der Waals surface area contributed by atoms with Crippen LogP contribution in [0.3, 0.4) is 0 Å². The third kappa shape index (κ3) is 4.65. The maximum atomic E-state index is 12.7. The van der Waals surface area contributed by atoms with Crippen LogP contribution in [0.25, 0.3) is 0 Å². The summed E-state index contributed by atoms with van der Waals surface area (Å²) in [5.41, 5.74) is 1.22. The Bertz CT molecular complexity index is 903. The van der Waals surface area contributed by atoms with E-state index in [4.69, 9.17) is 11.6 Å². The highest BCUT2D eigenvalue weighted by Crippen LogP contribution is 2.32. The lowest BCUT2D eigenvalue weighted by atomic mass is 10.1. The van der Waals surface area contributed by atoms with Crippen molar-refractivity contribution in [2.45, 2.75) is 18.7 Å². The van der Waals surface area contributed by atoms with Crippen LogP contribution in [0.15, 0.2) is 42.5 Å². The Balaban J connectivity index is 2.08. The van der Waals surface area contributed by atoms with Gasteiger partial charge >= 0.3 is 6.18 Å². The number of hydrogen-bond acceptors (Lipinski definition) is 5. The fourth-order valence-corrected chi connectivity index (χ4v) is 2.13. The Morgan fingerprint density at radius 2 is 1.71 bits per heavy atom. The summed E-state index contributed by atoms with van der Waals surface area (Å²) >= 11 is 5.91. The topological polar surface area (TPSA) is 111 Å². The highest BCUT2D eigenvalue weighted by molar-refractivity contribution is 6.34. The molecule has 0 spiro atoms. The number of anilines is 2. The van der Waals surface area contributed by atoms with E-state index in [0.717, 1.165) is 12.1 Å². The van der Waals surface area contributed by atoms with Gasteiger partial charge in [-0.15, -0.1) is 0 Å². The largest absolute Gasteiger partial charge is 0.506 e. The van der Waals surface area contributed by atoms with E-state index in [2.05, 4.69) is 10.9 Å². The zero-order valence-electron chi connectivity index (χ0n) is 14.3. The number of hydrazine groups is 1. The minimum atomic E-state index is -5.18. The van der Waals surface area contributed by atoms with Crippen LogP contribution in [-0.2, 0) is 4.79 Å². The van der Waals surface area contributed by atoms with Crippen molar-refractivity contribution in [1.29, 1.82) is 0 Å². The van der Waals surface area contributed by atoms with E-state index >= 15 is 0 Å². The fourth-order valence-electron chi connectivity index (χ4n) is 1.91. The first-order valence-electron chi connectivity index (χ1n) is 7.68. The van der Waals surface area contributed by atoms with Crippen LogP contribution in [0.2, 0.25) is 5.02 Å². The minimum Gasteiger partial charge on any atom is -0.506 e. The highest BCUT2D eigenvalue weighted by Gasteiger charge is 2.55. The van der Waals surface area contributed by atoms with Crippen molar-refractivity contribution in [2.75, 3.05) is 10.7 Å². The fraction of sp³-hybridized carbons (Fsp3) is 0.176. The number of hydrogen-bond donors (Lipinski definition) is 5. The highest BCUT2D eigenvalue weighted by atomic mass is 35.5. The molecule has 2 rings (SSSR count). The van der Waals surface area contributed by atoms with Crippen LogP contribution in [0, 0.1) is 0 Å². The first-order chi connectivity index (χ1) is 12.9. The van der Waals surface area contributed by atoms with E-state index in [9.17, 15) is 33.0 Å². The summed E-state index contributed by atoms with van der Waals surface area (Å²) in [4.78, 5) is 23.8. The maximum Gasteiger partial charge on any atom is 0.426 e. The van der Waals surface area contributed by atoms with Crippen LogP contribution in [-0.4, -0.2) is 33.8 Å². The number of benzene rings is 2. The minimum absolute atomic E-state index is 0.0218. The Labute approximate surface area is 162 Å². The third-order valence-corrected chi connectivity index (χ3v) is 4.00. The van der Waals surface area contributed by atoms with Crippen LogP contribution in [0.5, 0.6) is 5.75 Å². The van der Waals surface area contributed by atoms with Gasteiger partial charge in [0.25, 0.3) is 11.8 Å². The van der Waals surface area contributed by atoms with Crippen LogP contribution >= 0.6 is 11.6 Å². The van der Waals surface area contributed by atoms with Gasteiger partial charge < -0.3 is 15.5 Å². The molecule has 0 aliphatic heterocycles. The molecule has 0 bridgehead atoms. The molecule has 11 heteroatoms. The molecular weight excluding hydrogens is 403 g/mol. The molecule has 0 saturated heterocycles. The van der Waals surface area contributed by atoms with Crippen molar-refractivity contribution in [2.24, 2.45) is 0 Å². The number of alkyl halides is 3. The number of carbonyl (C=O) groups is 2. The van der Waals surface area contributed by atoms with Crippen molar-refractivity contribution >= 4 is 34.8 Å². The Hall–Kier alpha value is -2.98. The van der Waals surface area contributed by atoms with Gasteiger partial charge in [0, 0.05) is 5.56 Å². The number of para-hydroxylation sites is 2. The monoisotopic (exact) mass is 417 g/mol. The van der Waals surface area contributed by atoms with Gasteiger partial charge in [-0.05, 0) is 37.3 Å². The van der Waals surface area contributed by atoms with Crippen molar-refractivity contribution in [1.82, 2.24) is 5.43 Å². The van der Waals surface area contributed by atoms with E-state index in [1.54, 1.807) is 12.1 Å². The van der Waals surface area contributed by atoms with Crippen molar-refractivity contribution in [3.8, 4) is 5.75 Å². The zero-order chi connectivity index (χ0) is 21.1. The SMILES string of the molecule is CC(O)(C(=O)Nc1ccc(C(=O)NNc2ccccc2O)cc1Cl)C(F)(F)F. The Morgan fingerprint density at radius 3 is 2.29 bits per heavy atom. The van der Waals surface area contributed by atoms with E-state index in [-0.39, 0.29) is 27.7 Å². The van der Waals surface area contributed by atoms with Gasteiger partial charge in [0.05, 0.1) is 16.4 Å². The van der Waals surface area contributed by atoms with Crippen LogP contribution < -0.4 is 16.2 Å². The number of phenols is 1. The van der Waals surface area contributed by atoms with E-state index in [1.807, 2.05) is 5.32 Å². The van der Waals surface area contributed by atoms with Crippen LogP contribution in [0.1, 0.15) is 17.3 Å². The van der Waals surface area contributed by atoms with Gasteiger partial charge in [0.2, 0.25) is 5.60 Å².